The highest BCUT2D eigenvalue weighted by molar-refractivity contribution is 5.83. The van der Waals surface area contributed by atoms with Gasteiger partial charge in [0.05, 0.1) is 0 Å². The number of allylic oxidation sites excluding steroid dienone is 9. The predicted molar refractivity (Wildman–Crippen MR) is 121 cm³/mol. The third kappa shape index (κ3) is 8.04. The first-order valence-electron chi connectivity index (χ1n) is 10.4. The summed E-state index contributed by atoms with van der Waals surface area (Å²) in [6, 6.07) is 0. The van der Waals surface area contributed by atoms with Crippen LogP contribution in [0.15, 0.2) is 59.3 Å². The first-order valence-corrected chi connectivity index (χ1v) is 10.4. The second kappa shape index (κ2) is 9.58. The molecule has 1 atom stereocenters. The van der Waals surface area contributed by atoms with Crippen molar-refractivity contribution in [3.05, 3.63) is 59.3 Å². The van der Waals surface area contributed by atoms with Crippen LogP contribution in [0.3, 0.4) is 0 Å². The predicted octanol–water partition coefficient (Wildman–Crippen LogP) is 7.50. The lowest BCUT2D eigenvalue weighted by atomic mass is 9.78. The fourth-order valence-electron chi connectivity index (χ4n) is 2.98. The molecule has 28 heavy (non-hydrogen) atoms. The Balaban J connectivity index is 2.69. The van der Waals surface area contributed by atoms with E-state index in [2.05, 4.69) is 65.8 Å². The highest BCUT2D eigenvalue weighted by atomic mass is 16.6. The topological polar surface area (TPSA) is 26.3 Å². The van der Waals surface area contributed by atoms with E-state index < -0.39 is 5.60 Å². The summed E-state index contributed by atoms with van der Waals surface area (Å²) in [7, 11) is 0. The van der Waals surface area contributed by atoms with Crippen molar-refractivity contribution in [3.8, 4) is 0 Å². The molecule has 0 aromatic carbocycles. The zero-order chi connectivity index (χ0) is 21.6. The molecule has 1 rings (SSSR count). The van der Waals surface area contributed by atoms with E-state index in [4.69, 9.17) is 4.74 Å². The summed E-state index contributed by atoms with van der Waals surface area (Å²) in [4.78, 5) is 12.2. The summed E-state index contributed by atoms with van der Waals surface area (Å²) in [5.74, 6) is -0.296. The van der Waals surface area contributed by atoms with Crippen LogP contribution in [0.25, 0.3) is 0 Å². The van der Waals surface area contributed by atoms with Crippen LogP contribution in [0.4, 0.5) is 0 Å². The van der Waals surface area contributed by atoms with E-state index in [0.29, 0.717) is 0 Å². The molecule has 2 nitrogen and oxygen atoms in total. The van der Waals surface area contributed by atoms with E-state index >= 15 is 0 Å². The van der Waals surface area contributed by atoms with Crippen molar-refractivity contribution in [1.82, 2.24) is 0 Å². The molecule has 0 aliphatic heterocycles. The maximum absolute atomic E-state index is 12.2. The maximum Gasteiger partial charge on any atom is 0.331 e. The van der Waals surface area contributed by atoms with Gasteiger partial charge in [-0.25, -0.2) is 4.79 Å². The van der Waals surface area contributed by atoms with Crippen molar-refractivity contribution < 1.29 is 9.53 Å². The van der Waals surface area contributed by atoms with E-state index in [-0.39, 0.29) is 16.8 Å². The molecule has 0 fully saturated rings. The summed E-state index contributed by atoms with van der Waals surface area (Å²) in [6.07, 6.45) is 18.1. The highest BCUT2D eigenvalue weighted by Gasteiger charge is 2.36. The van der Waals surface area contributed by atoms with Crippen molar-refractivity contribution in [3.63, 3.8) is 0 Å². The summed E-state index contributed by atoms with van der Waals surface area (Å²) < 4.78 is 5.64. The number of hydrogen-bond donors (Lipinski definition) is 0. The van der Waals surface area contributed by atoms with Crippen molar-refractivity contribution in [2.75, 3.05) is 0 Å². The molecule has 0 spiro atoms. The summed E-state index contributed by atoms with van der Waals surface area (Å²) in [5, 5.41) is 0. The highest BCUT2D eigenvalue weighted by Crippen LogP contribution is 2.35. The minimum atomic E-state index is -0.520. The lowest BCUT2D eigenvalue weighted by molar-refractivity contribution is -0.160. The van der Waals surface area contributed by atoms with Gasteiger partial charge in [0.2, 0.25) is 0 Å². The fourth-order valence-corrected chi connectivity index (χ4v) is 2.98. The largest absolute Gasteiger partial charge is 0.456 e. The van der Waals surface area contributed by atoms with Gasteiger partial charge >= 0.3 is 5.97 Å². The molecule has 0 amide bonds. The van der Waals surface area contributed by atoms with Crippen LogP contribution in [0.2, 0.25) is 0 Å². The fraction of sp³-hybridized carbons (Fsp3) is 0.577. The van der Waals surface area contributed by atoms with Crippen LogP contribution < -0.4 is 0 Å². The molecular formula is C26H40O2. The first-order chi connectivity index (χ1) is 12.7. The number of ether oxygens (including phenoxy) is 1. The Morgan fingerprint density at radius 2 is 1.75 bits per heavy atom. The van der Waals surface area contributed by atoms with Gasteiger partial charge in [-0.1, -0.05) is 75.3 Å². The second-order valence-electron chi connectivity index (χ2n) is 10.0. The molecule has 0 heterocycles. The molecule has 0 aromatic rings. The van der Waals surface area contributed by atoms with E-state index in [1.54, 1.807) is 6.08 Å². The van der Waals surface area contributed by atoms with Gasteiger partial charge in [-0.15, -0.1) is 0 Å². The molecule has 0 bridgehead atoms. The minimum Gasteiger partial charge on any atom is -0.456 e. The SMILES string of the molecule is CC1=CC(C)(/C=C/C(C)=C/C=C/C(C)=C/C(=O)OC(C)(C)C(C)(C)C)CCC1. The third-order valence-electron chi connectivity index (χ3n) is 5.82. The first kappa shape index (κ1) is 24.2. The van der Waals surface area contributed by atoms with Crippen LogP contribution in [-0.2, 0) is 9.53 Å². The van der Waals surface area contributed by atoms with Crippen LogP contribution in [0, 0.1) is 10.8 Å². The zero-order valence-corrected chi connectivity index (χ0v) is 19.5. The number of carbonyl (C=O) groups excluding carboxylic acids is 1. The molecule has 2 heteroatoms. The van der Waals surface area contributed by atoms with Crippen LogP contribution in [0.1, 0.15) is 81.6 Å². The van der Waals surface area contributed by atoms with Gasteiger partial charge < -0.3 is 4.74 Å². The molecule has 0 saturated carbocycles. The minimum absolute atomic E-state index is 0.116. The van der Waals surface area contributed by atoms with Gasteiger partial charge in [-0.2, -0.15) is 0 Å². The normalized spacial score (nSPS) is 22.7. The monoisotopic (exact) mass is 384 g/mol. The number of carbonyl (C=O) groups is 1. The Morgan fingerprint density at radius 3 is 2.32 bits per heavy atom. The van der Waals surface area contributed by atoms with Gasteiger partial charge in [0.1, 0.15) is 5.60 Å². The van der Waals surface area contributed by atoms with E-state index in [9.17, 15) is 4.79 Å². The lowest BCUT2D eigenvalue weighted by Crippen LogP contribution is -2.40. The molecule has 0 radical (unpaired) electrons. The van der Waals surface area contributed by atoms with Gasteiger partial charge in [0, 0.05) is 16.9 Å². The van der Waals surface area contributed by atoms with Gasteiger partial charge in [0.25, 0.3) is 0 Å². The molecule has 0 N–H and O–H groups in total. The smallest absolute Gasteiger partial charge is 0.331 e. The quantitative estimate of drug-likeness (QED) is 0.205. The summed E-state index contributed by atoms with van der Waals surface area (Å²) in [6.45, 7) is 18.7. The number of hydrogen-bond acceptors (Lipinski definition) is 2. The molecule has 156 valence electrons. The van der Waals surface area contributed by atoms with Gasteiger partial charge in [-0.3, -0.25) is 0 Å². The summed E-state index contributed by atoms with van der Waals surface area (Å²) >= 11 is 0. The van der Waals surface area contributed by atoms with Gasteiger partial charge in [0.15, 0.2) is 0 Å². The Bertz CT molecular complexity index is 705. The maximum atomic E-state index is 12.2. The Morgan fingerprint density at radius 1 is 1.11 bits per heavy atom. The van der Waals surface area contributed by atoms with E-state index in [1.165, 1.54) is 30.4 Å². The third-order valence-corrected chi connectivity index (χ3v) is 5.82. The number of rotatable bonds is 6. The Hall–Kier alpha value is -1.83. The van der Waals surface area contributed by atoms with Crippen molar-refractivity contribution in [2.24, 2.45) is 10.8 Å². The van der Waals surface area contributed by atoms with Crippen LogP contribution in [-0.4, -0.2) is 11.6 Å². The van der Waals surface area contributed by atoms with Crippen molar-refractivity contribution in [1.29, 1.82) is 0 Å². The molecule has 1 aliphatic carbocycles. The average molecular weight is 385 g/mol. The Kier molecular flexibility index (Phi) is 8.29. The zero-order valence-electron chi connectivity index (χ0n) is 19.5. The average Bonchev–Trinajstić information content (AvgIpc) is 2.51. The molecule has 0 saturated heterocycles. The van der Waals surface area contributed by atoms with E-state index in [1.807, 2.05) is 32.9 Å². The molecule has 0 aromatic heterocycles. The summed E-state index contributed by atoms with van der Waals surface area (Å²) in [5.41, 5.74) is 3.09. The number of esters is 1. The molecule has 1 aliphatic rings. The molecule has 1 unspecified atom stereocenters. The van der Waals surface area contributed by atoms with Crippen molar-refractivity contribution in [2.45, 2.75) is 87.2 Å². The van der Waals surface area contributed by atoms with Crippen LogP contribution >= 0.6 is 0 Å². The second-order valence-corrected chi connectivity index (χ2v) is 10.0. The lowest BCUT2D eigenvalue weighted by Gasteiger charge is -2.37. The Labute approximate surface area is 173 Å². The van der Waals surface area contributed by atoms with Crippen LogP contribution in [0.5, 0.6) is 0 Å². The molecular weight excluding hydrogens is 344 g/mol. The van der Waals surface area contributed by atoms with E-state index in [0.717, 1.165) is 5.57 Å². The van der Waals surface area contributed by atoms with Gasteiger partial charge in [-0.05, 0) is 59.5 Å². The van der Waals surface area contributed by atoms with Crippen molar-refractivity contribution >= 4 is 5.97 Å². The standard InChI is InChI=1S/C26H40O2/c1-20(15-17-26(9)16-11-14-22(3)19-26)12-10-13-21(2)18-23(27)28-25(7,8)24(4,5)6/h10,12-13,15,17-19H,11,14,16H2,1-9H3/b13-10+,17-15+,20-12+,21-18+.